The summed E-state index contributed by atoms with van der Waals surface area (Å²) in [4.78, 5) is 23.5. The molecule has 6 rings (SSSR count). The van der Waals surface area contributed by atoms with Crippen molar-refractivity contribution < 1.29 is 124 Å². The molecule has 0 aliphatic rings. The van der Waals surface area contributed by atoms with Crippen LogP contribution in [0.15, 0.2) is 128 Å². The maximum absolute atomic E-state index is 14.2. The van der Waals surface area contributed by atoms with Crippen molar-refractivity contribution in [2.24, 2.45) is 0 Å². The third kappa shape index (κ3) is 14.6. The van der Waals surface area contributed by atoms with Gasteiger partial charge >= 0.3 is 55.4 Å². The molecule has 0 unspecified atom stereocenters. The minimum Gasteiger partial charge on any atom is -0.451 e. The first-order valence-corrected chi connectivity index (χ1v) is 21.3. The number of alkyl halides is 24. The van der Waals surface area contributed by atoms with Crippen LogP contribution in [0.2, 0.25) is 0 Å². The molecule has 1 heterocycles. The summed E-state index contributed by atoms with van der Waals surface area (Å²) < 4.78 is 347. The maximum Gasteiger partial charge on any atom is 0.416 e. The van der Waals surface area contributed by atoms with Gasteiger partial charge in [-0.1, -0.05) is 78.9 Å². The topological polar surface area (TPSA) is 47.2 Å². The number of benzene rings is 5. The number of hydrogen-bond donors (Lipinski definition) is 1. The highest BCUT2D eigenvalue weighted by molar-refractivity contribution is 7.80. The molecular weight excluding hydrogens is 1130 g/mol. The minimum atomic E-state index is -6.13. The van der Waals surface area contributed by atoms with Crippen molar-refractivity contribution in [2.45, 2.75) is 56.0 Å². The normalized spacial score (nSPS) is 13.2. The summed E-state index contributed by atoms with van der Waals surface area (Å²) in [5.41, 5.74) is -29.1. The van der Waals surface area contributed by atoms with Crippen LogP contribution >= 0.6 is 12.6 Å². The van der Waals surface area contributed by atoms with E-state index in [-0.39, 0.29) is 18.3 Å². The van der Waals surface area contributed by atoms with Crippen LogP contribution in [0.5, 0.6) is 0 Å². The highest BCUT2D eigenvalue weighted by Gasteiger charge is 2.47. The standard InChI is InChI=1S/C32H12BF24.C15H13NO3S/c34-25(35,36)13-1-14(26(37,38)39)6-21(5-13)33(22-7-15(27(40,41)42)2-16(8-22)28(43,44)45,23-9-17(29(46,47)48)3-18(10-23)30(49,50)51)24-11-19(31(52,53)54)4-20(12-24)32(55,56)57;17-14(12-4-2-1-3-5-12)10-16-8-6-13(7-9-16)15(18)19-11-20/h1-12H;1-9H,10-11H2/q-1;/p+1. The van der Waals surface area contributed by atoms with E-state index in [2.05, 4.69) is 12.6 Å². The predicted molar refractivity (Wildman–Crippen MR) is 227 cm³/mol. The number of carbonyl (C=O) groups excluding carboxylic acids is 2. The third-order valence-electron chi connectivity index (χ3n) is 11.2. The quantitative estimate of drug-likeness (QED) is 0.0298. The summed E-state index contributed by atoms with van der Waals surface area (Å²) in [7, 11) is 0. The van der Waals surface area contributed by atoms with Gasteiger partial charge in [-0.2, -0.15) is 132 Å². The van der Waals surface area contributed by atoms with Gasteiger partial charge in [0.25, 0.3) is 0 Å². The van der Waals surface area contributed by atoms with Gasteiger partial charge in [-0.25, -0.2) is 4.79 Å². The van der Waals surface area contributed by atoms with Gasteiger partial charge in [0, 0.05) is 17.7 Å². The smallest absolute Gasteiger partial charge is 0.416 e. The number of hydrogen-bond acceptors (Lipinski definition) is 4. The van der Waals surface area contributed by atoms with E-state index in [0.717, 1.165) is 0 Å². The van der Waals surface area contributed by atoms with Crippen molar-refractivity contribution in [1.82, 2.24) is 0 Å². The maximum atomic E-state index is 14.2. The molecule has 0 amide bonds. The number of carbonyl (C=O) groups is 2. The first-order chi connectivity index (χ1) is 35.0. The first-order valence-electron chi connectivity index (χ1n) is 20.7. The molecule has 30 heteroatoms. The molecule has 0 spiro atoms. The van der Waals surface area contributed by atoms with Crippen LogP contribution in [-0.4, -0.2) is 23.8 Å². The van der Waals surface area contributed by atoms with Gasteiger partial charge in [0.05, 0.1) is 50.1 Å². The SMILES string of the molecule is FC(F)(F)c1cc([B-](c2cc(C(F)(F)F)cc(C(F)(F)F)c2)(c2cc(C(F)(F)F)cc(C(F)(F)F)c2)c2cc(C(F)(F)F)cc(C(F)(F)F)c2)cc(C(F)(F)F)c1.O=C(C[n+]1ccc(C(=O)OCS)cc1)c1ccccc1. The van der Waals surface area contributed by atoms with Crippen LogP contribution in [0.1, 0.15) is 65.2 Å². The number of halogens is 24. The van der Waals surface area contributed by atoms with Crippen molar-refractivity contribution in [2.75, 3.05) is 5.94 Å². The lowest BCUT2D eigenvalue weighted by Crippen LogP contribution is -2.75. The Morgan fingerprint density at radius 3 is 0.844 bits per heavy atom. The lowest BCUT2D eigenvalue weighted by atomic mass is 9.12. The van der Waals surface area contributed by atoms with Crippen molar-refractivity contribution in [1.29, 1.82) is 0 Å². The van der Waals surface area contributed by atoms with Crippen molar-refractivity contribution >= 4 is 52.4 Å². The van der Waals surface area contributed by atoms with E-state index in [1.807, 2.05) is 18.2 Å². The monoisotopic (exact) mass is 1150 g/mol. The van der Waals surface area contributed by atoms with E-state index < -0.39 is 201 Å². The van der Waals surface area contributed by atoms with Gasteiger partial charge in [0.2, 0.25) is 12.3 Å². The second-order valence-corrected chi connectivity index (χ2v) is 16.6. The third-order valence-corrected chi connectivity index (χ3v) is 11.3. The fourth-order valence-corrected chi connectivity index (χ4v) is 7.91. The molecule has 5 aromatic carbocycles. The molecule has 1 aromatic heterocycles. The number of ether oxygens (including phenoxy) is 1. The number of Topliss-reactive ketones (excluding diaryl/α,β-unsaturated/α-hetero) is 1. The Bertz CT molecular complexity index is 2660. The largest absolute Gasteiger partial charge is 0.451 e. The number of pyridine rings is 1. The average Bonchev–Trinajstić information content (AvgIpc) is 3.30. The van der Waals surface area contributed by atoms with Crippen LogP contribution in [-0.2, 0) is 60.7 Å². The van der Waals surface area contributed by atoms with Crippen molar-refractivity contribution in [3.63, 3.8) is 0 Å². The molecule has 0 radical (unpaired) electrons. The number of nitrogens with zero attached hydrogens (tertiary/aromatic N) is 1. The fourth-order valence-electron chi connectivity index (χ4n) is 7.79. The highest BCUT2D eigenvalue weighted by atomic mass is 32.1. The Morgan fingerprint density at radius 1 is 0.377 bits per heavy atom. The lowest BCUT2D eigenvalue weighted by Gasteiger charge is -2.46. The van der Waals surface area contributed by atoms with E-state index in [1.165, 1.54) is 0 Å². The number of ketones is 1. The summed E-state index contributed by atoms with van der Waals surface area (Å²) in [5.74, 6) is -0.372. The summed E-state index contributed by atoms with van der Waals surface area (Å²) >= 11 is 3.82. The molecule has 0 N–H and O–H groups in total. The summed E-state index contributed by atoms with van der Waals surface area (Å²) in [5, 5.41) is 0. The molecule has 0 fully saturated rings. The average molecular weight is 1150 g/mol. The Balaban J connectivity index is 0.000000455. The number of aromatic nitrogens is 1. The second-order valence-electron chi connectivity index (χ2n) is 16.3. The molecule has 6 aromatic rings. The van der Waals surface area contributed by atoms with E-state index in [1.54, 1.807) is 41.2 Å². The van der Waals surface area contributed by atoms with Gasteiger partial charge in [0.1, 0.15) is 12.1 Å². The molecule has 0 atom stereocenters. The fraction of sp³-hybridized carbons (Fsp3) is 0.213. The van der Waals surface area contributed by atoms with Crippen LogP contribution in [0, 0.1) is 0 Å². The molecule has 414 valence electrons. The van der Waals surface area contributed by atoms with Gasteiger partial charge in [-0.15, -0.1) is 12.6 Å². The zero-order valence-corrected chi connectivity index (χ0v) is 38.2. The number of rotatable bonds is 9. The highest BCUT2D eigenvalue weighted by Crippen LogP contribution is 2.41. The first kappa shape index (κ1) is 61.0. The second kappa shape index (κ2) is 21.5. The summed E-state index contributed by atoms with van der Waals surface area (Å²) in [6, 6.07) is 3.50. The zero-order chi connectivity index (χ0) is 58.3. The molecule has 0 aliphatic heterocycles. The number of thiol groups is 1. The van der Waals surface area contributed by atoms with Crippen LogP contribution in [0.25, 0.3) is 0 Å². The minimum absolute atomic E-state index is 0.0151. The molecule has 0 saturated carbocycles. The van der Waals surface area contributed by atoms with Crippen LogP contribution < -0.4 is 26.4 Å². The van der Waals surface area contributed by atoms with E-state index in [4.69, 9.17) is 4.74 Å². The van der Waals surface area contributed by atoms with Gasteiger partial charge < -0.3 is 4.74 Å². The van der Waals surface area contributed by atoms with E-state index in [9.17, 15) is 115 Å². The molecule has 0 bridgehead atoms. The van der Waals surface area contributed by atoms with Crippen LogP contribution in [0.4, 0.5) is 105 Å². The molecular formula is C47H26BF24NO3S. The molecule has 4 nitrogen and oxygen atoms in total. The predicted octanol–water partition coefficient (Wildman–Crippen LogP) is 13.1. The zero-order valence-electron chi connectivity index (χ0n) is 37.3. The van der Waals surface area contributed by atoms with Crippen LogP contribution in [0.3, 0.4) is 0 Å². The molecule has 0 saturated heterocycles. The molecule has 77 heavy (non-hydrogen) atoms. The van der Waals surface area contributed by atoms with Crippen molar-refractivity contribution in [3.8, 4) is 0 Å². The number of esters is 1. The van der Waals surface area contributed by atoms with Crippen molar-refractivity contribution in [3.05, 3.63) is 183 Å². The van der Waals surface area contributed by atoms with E-state index >= 15 is 0 Å². The Morgan fingerprint density at radius 2 is 0.623 bits per heavy atom. The Hall–Kier alpha value is -6.88. The van der Waals surface area contributed by atoms with Gasteiger partial charge in [-0.3, -0.25) is 4.79 Å². The van der Waals surface area contributed by atoms with Gasteiger partial charge in [-0.05, 0) is 24.3 Å². The summed E-state index contributed by atoms with van der Waals surface area (Å²) in [6.07, 6.45) is -51.5. The molecule has 0 aliphatic carbocycles. The summed E-state index contributed by atoms with van der Waals surface area (Å²) in [6.45, 7) is 0.228. The van der Waals surface area contributed by atoms with E-state index in [0.29, 0.717) is 11.1 Å². The Labute approximate surface area is 421 Å². The van der Waals surface area contributed by atoms with Gasteiger partial charge in [0.15, 0.2) is 12.4 Å². The lowest BCUT2D eigenvalue weighted by molar-refractivity contribution is -0.683. The Kier molecular flexibility index (Phi) is 17.0.